The number of aryl methyl sites for hydroxylation is 2. The molecule has 0 aliphatic carbocycles. The van der Waals surface area contributed by atoms with Gasteiger partial charge in [-0.15, -0.1) is 0 Å². The van der Waals surface area contributed by atoms with E-state index in [1.54, 1.807) is 0 Å². The normalized spacial score (nSPS) is 8.25. The first-order valence-electron chi connectivity index (χ1n) is 2.30. The fourth-order valence-corrected chi connectivity index (χ4v) is 0.483. The largest absolute Gasteiger partial charge is 0.870 e. The quantitative estimate of drug-likeness (QED) is 0.473. The maximum atomic E-state index is 3.03. The standard InChI is InChI=1S/C5H8N2.H2O/c1-5-6-3-4-7(5)2;/h3-4H,1-2H3;1H2. The van der Waals surface area contributed by atoms with Crippen molar-refractivity contribution in [2.45, 2.75) is 6.92 Å². The van der Waals surface area contributed by atoms with Gasteiger partial charge in [0.2, 0.25) is 0 Å². The van der Waals surface area contributed by atoms with Gasteiger partial charge in [-0.25, -0.2) is 9.55 Å². The Morgan fingerprint density at radius 3 is 2.38 bits per heavy atom. The molecular formula is C5H10N2O. The summed E-state index contributed by atoms with van der Waals surface area (Å²) in [5.41, 5.74) is 0. The molecule has 0 aliphatic rings. The lowest BCUT2D eigenvalue weighted by Gasteiger charge is -1.77. The van der Waals surface area contributed by atoms with Crippen LogP contribution >= 0.6 is 0 Å². The zero-order valence-corrected chi connectivity index (χ0v) is 5.05. The number of hydrogen-bond acceptors (Lipinski definition) is 1. The number of rotatable bonds is 0. The molecule has 3 heteroatoms. The van der Waals surface area contributed by atoms with Crippen molar-refractivity contribution in [2.75, 3.05) is 0 Å². The summed E-state index contributed by atoms with van der Waals surface area (Å²) >= 11 is 0. The minimum Gasteiger partial charge on any atom is -0.870 e. The zero-order valence-electron chi connectivity index (χ0n) is 5.05. The van der Waals surface area contributed by atoms with Crippen LogP contribution in [0.3, 0.4) is 0 Å². The summed E-state index contributed by atoms with van der Waals surface area (Å²) < 4.78 is 2.03. The Morgan fingerprint density at radius 2 is 2.25 bits per heavy atom. The molecular weight excluding hydrogens is 104 g/mol. The molecule has 1 aromatic rings. The first-order valence-corrected chi connectivity index (χ1v) is 2.30. The third-order valence-corrected chi connectivity index (χ3v) is 1.12. The molecule has 0 atom stereocenters. The number of hydrogen-bond donors (Lipinski definition) is 1. The lowest BCUT2D eigenvalue weighted by molar-refractivity contribution is -0.676. The molecule has 3 nitrogen and oxygen atoms in total. The number of nitrogens with zero attached hydrogens (tertiary/aromatic N) is 1. The monoisotopic (exact) mass is 114 g/mol. The van der Waals surface area contributed by atoms with E-state index in [0.717, 1.165) is 0 Å². The molecule has 1 aromatic heterocycles. The second-order valence-electron chi connectivity index (χ2n) is 1.66. The second kappa shape index (κ2) is 2.47. The van der Waals surface area contributed by atoms with E-state index in [1.807, 2.05) is 30.9 Å². The SMILES string of the molecule is Cc1[nH]cc[n+]1C.[OH-]. The average molecular weight is 114 g/mol. The van der Waals surface area contributed by atoms with E-state index in [2.05, 4.69) is 4.98 Å². The van der Waals surface area contributed by atoms with Crippen LogP contribution < -0.4 is 4.57 Å². The van der Waals surface area contributed by atoms with Crippen LogP contribution in [0.2, 0.25) is 0 Å². The van der Waals surface area contributed by atoms with Crippen LogP contribution in [0.4, 0.5) is 0 Å². The van der Waals surface area contributed by atoms with Crippen LogP contribution in [0.25, 0.3) is 0 Å². The van der Waals surface area contributed by atoms with Crippen LogP contribution in [0.1, 0.15) is 5.82 Å². The molecule has 1 rings (SSSR count). The minimum atomic E-state index is 0. The van der Waals surface area contributed by atoms with Gasteiger partial charge in [0.25, 0.3) is 5.82 Å². The molecule has 0 saturated carbocycles. The number of aromatic amines is 1. The molecule has 0 aromatic carbocycles. The van der Waals surface area contributed by atoms with Gasteiger partial charge in [0.1, 0.15) is 12.4 Å². The van der Waals surface area contributed by atoms with E-state index in [4.69, 9.17) is 0 Å². The lowest BCUT2D eigenvalue weighted by atomic mass is 10.7. The number of H-pyrrole nitrogens is 1. The highest BCUT2D eigenvalue weighted by atomic mass is 16.0. The summed E-state index contributed by atoms with van der Waals surface area (Å²) in [5.74, 6) is 1.18. The second-order valence-corrected chi connectivity index (χ2v) is 1.66. The van der Waals surface area contributed by atoms with E-state index < -0.39 is 0 Å². The Balaban J connectivity index is 0.000000490. The van der Waals surface area contributed by atoms with Gasteiger partial charge in [0.05, 0.1) is 7.05 Å². The molecule has 0 radical (unpaired) electrons. The van der Waals surface area contributed by atoms with Gasteiger partial charge < -0.3 is 5.48 Å². The topological polar surface area (TPSA) is 49.7 Å². The molecule has 8 heavy (non-hydrogen) atoms. The molecule has 0 saturated heterocycles. The highest BCUT2D eigenvalue weighted by Gasteiger charge is 1.93. The maximum Gasteiger partial charge on any atom is 0.250 e. The fraction of sp³-hybridized carbons (Fsp3) is 0.400. The number of aromatic nitrogens is 2. The van der Waals surface area contributed by atoms with E-state index in [0.29, 0.717) is 0 Å². The predicted octanol–water partition coefficient (Wildman–Crippen LogP) is -0.0292. The van der Waals surface area contributed by atoms with Gasteiger partial charge in [0, 0.05) is 6.92 Å². The molecule has 0 fully saturated rings. The van der Waals surface area contributed by atoms with Gasteiger partial charge in [-0.05, 0) is 0 Å². The summed E-state index contributed by atoms with van der Waals surface area (Å²) in [5, 5.41) is 0. The van der Waals surface area contributed by atoms with Gasteiger partial charge in [-0.2, -0.15) is 0 Å². The van der Waals surface area contributed by atoms with E-state index in [-0.39, 0.29) is 5.48 Å². The molecule has 0 unspecified atom stereocenters. The Bertz CT molecular complexity index is 143. The first kappa shape index (κ1) is 7.17. The lowest BCUT2D eigenvalue weighted by Crippen LogP contribution is -2.27. The third kappa shape index (κ3) is 1.07. The fourth-order valence-electron chi connectivity index (χ4n) is 0.483. The molecule has 1 heterocycles. The van der Waals surface area contributed by atoms with E-state index in [1.165, 1.54) is 5.82 Å². The van der Waals surface area contributed by atoms with E-state index in [9.17, 15) is 0 Å². The van der Waals surface area contributed by atoms with Crippen molar-refractivity contribution in [3.63, 3.8) is 0 Å². The van der Waals surface area contributed by atoms with Gasteiger partial charge in [-0.1, -0.05) is 0 Å². The molecule has 46 valence electrons. The average Bonchev–Trinajstić information content (AvgIpc) is 1.91. The van der Waals surface area contributed by atoms with Crippen LogP contribution in [0.15, 0.2) is 12.4 Å². The van der Waals surface area contributed by atoms with Crippen molar-refractivity contribution < 1.29 is 10.0 Å². The Morgan fingerprint density at radius 1 is 1.62 bits per heavy atom. The maximum absolute atomic E-state index is 3.03. The molecule has 0 bridgehead atoms. The predicted molar refractivity (Wildman–Crippen MR) is 28.6 cm³/mol. The van der Waals surface area contributed by atoms with Crippen LogP contribution in [0, 0.1) is 6.92 Å². The highest BCUT2D eigenvalue weighted by Crippen LogP contribution is 1.75. The molecule has 2 N–H and O–H groups in total. The summed E-state index contributed by atoms with van der Waals surface area (Å²) in [6, 6.07) is 0. The van der Waals surface area contributed by atoms with Gasteiger partial charge in [-0.3, -0.25) is 0 Å². The summed E-state index contributed by atoms with van der Waals surface area (Å²) in [4.78, 5) is 3.03. The van der Waals surface area contributed by atoms with Crippen molar-refractivity contribution in [1.82, 2.24) is 4.98 Å². The summed E-state index contributed by atoms with van der Waals surface area (Å²) in [6.07, 6.45) is 3.89. The molecule has 0 spiro atoms. The Kier molecular flexibility index (Phi) is 2.21. The van der Waals surface area contributed by atoms with E-state index >= 15 is 0 Å². The summed E-state index contributed by atoms with van der Waals surface area (Å²) in [7, 11) is 2.01. The van der Waals surface area contributed by atoms with Crippen LogP contribution in [0.5, 0.6) is 0 Å². The number of imidazole rings is 1. The first-order chi connectivity index (χ1) is 3.30. The van der Waals surface area contributed by atoms with Gasteiger partial charge >= 0.3 is 0 Å². The summed E-state index contributed by atoms with van der Waals surface area (Å²) in [6.45, 7) is 2.03. The minimum absolute atomic E-state index is 0. The van der Waals surface area contributed by atoms with Gasteiger partial charge in [0.15, 0.2) is 0 Å². The zero-order chi connectivity index (χ0) is 5.28. The van der Waals surface area contributed by atoms with Crippen molar-refractivity contribution in [2.24, 2.45) is 7.05 Å². The van der Waals surface area contributed by atoms with Crippen molar-refractivity contribution in [1.29, 1.82) is 0 Å². The van der Waals surface area contributed by atoms with Crippen LogP contribution in [-0.4, -0.2) is 10.5 Å². The third-order valence-electron chi connectivity index (χ3n) is 1.12. The van der Waals surface area contributed by atoms with Crippen molar-refractivity contribution >= 4 is 0 Å². The highest BCUT2D eigenvalue weighted by molar-refractivity contribution is 4.69. The van der Waals surface area contributed by atoms with Crippen LogP contribution in [-0.2, 0) is 7.05 Å². The Labute approximate surface area is 48.3 Å². The van der Waals surface area contributed by atoms with Crippen molar-refractivity contribution in [3.05, 3.63) is 18.2 Å². The Hall–Kier alpha value is -0.830. The smallest absolute Gasteiger partial charge is 0.250 e. The van der Waals surface area contributed by atoms with Crippen molar-refractivity contribution in [3.8, 4) is 0 Å². The number of nitrogens with one attached hydrogen (secondary N) is 1. The molecule has 0 amide bonds. The molecule has 0 aliphatic heterocycles.